The number of benzene rings is 1. The van der Waals surface area contributed by atoms with Crippen molar-refractivity contribution in [3.8, 4) is 0 Å². The van der Waals surface area contributed by atoms with Crippen LogP contribution in [0.15, 0.2) is 24.3 Å². The van der Waals surface area contributed by atoms with Crippen LogP contribution >= 0.6 is 0 Å². The number of aliphatic hydroxyl groups excluding tert-OH is 1. The van der Waals surface area contributed by atoms with Crippen LogP contribution in [-0.4, -0.2) is 23.3 Å². The van der Waals surface area contributed by atoms with Crippen LogP contribution in [0.4, 0.5) is 0 Å². The fourth-order valence-corrected chi connectivity index (χ4v) is 1.43. The summed E-state index contributed by atoms with van der Waals surface area (Å²) in [4.78, 5) is 10.3. The number of aliphatic carboxylic acids is 1. The Kier molecular flexibility index (Phi) is 4.95. The highest BCUT2D eigenvalue weighted by Gasteiger charge is 2.09. The van der Waals surface area contributed by atoms with Crippen molar-refractivity contribution in [2.75, 3.05) is 7.11 Å². The fourth-order valence-electron chi connectivity index (χ4n) is 1.43. The molecule has 0 bridgehead atoms. The molecule has 0 spiro atoms. The summed E-state index contributed by atoms with van der Waals surface area (Å²) in [6, 6.07) is 7.31. The standard InChI is InChI=1S/C12H16O4/c1-16-8-9-2-4-10(5-3-9)11(13)6-7-12(14)15/h2-5,11,13H,6-8H2,1H3,(H,14,15). The van der Waals surface area contributed by atoms with Crippen molar-refractivity contribution >= 4 is 5.97 Å². The number of rotatable bonds is 6. The quantitative estimate of drug-likeness (QED) is 0.772. The minimum Gasteiger partial charge on any atom is -0.481 e. The lowest BCUT2D eigenvalue weighted by molar-refractivity contribution is -0.137. The number of carboxylic acid groups (broad SMARTS) is 1. The predicted molar refractivity (Wildman–Crippen MR) is 59.0 cm³/mol. The first-order valence-corrected chi connectivity index (χ1v) is 5.11. The van der Waals surface area contributed by atoms with E-state index in [-0.39, 0.29) is 12.8 Å². The molecule has 0 aliphatic rings. The van der Waals surface area contributed by atoms with Gasteiger partial charge in [-0.2, -0.15) is 0 Å². The highest BCUT2D eigenvalue weighted by atomic mass is 16.5. The summed E-state index contributed by atoms with van der Waals surface area (Å²) in [6.45, 7) is 0.533. The Morgan fingerprint density at radius 3 is 2.50 bits per heavy atom. The van der Waals surface area contributed by atoms with Gasteiger partial charge in [0.1, 0.15) is 0 Å². The summed E-state index contributed by atoms with van der Waals surface area (Å²) >= 11 is 0. The Bertz CT molecular complexity index is 331. The molecule has 4 nitrogen and oxygen atoms in total. The molecule has 16 heavy (non-hydrogen) atoms. The van der Waals surface area contributed by atoms with Gasteiger partial charge in [-0.25, -0.2) is 0 Å². The monoisotopic (exact) mass is 224 g/mol. The average molecular weight is 224 g/mol. The topological polar surface area (TPSA) is 66.8 Å². The van der Waals surface area contributed by atoms with Gasteiger partial charge in [-0.15, -0.1) is 0 Å². The average Bonchev–Trinajstić information content (AvgIpc) is 2.27. The van der Waals surface area contributed by atoms with Gasteiger partial charge in [0.25, 0.3) is 0 Å². The Morgan fingerprint density at radius 2 is 2.00 bits per heavy atom. The lowest BCUT2D eigenvalue weighted by atomic mass is 10.0. The molecule has 1 aromatic carbocycles. The minimum atomic E-state index is -0.893. The SMILES string of the molecule is COCc1ccc(C(O)CCC(=O)O)cc1. The molecular formula is C12H16O4. The maximum absolute atomic E-state index is 10.3. The molecule has 0 fully saturated rings. The molecule has 0 amide bonds. The Balaban J connectivity index is 2.55. The second-order valence-corrected chi connectivity index (χ2v) is 3.62. The summed E-state index contributed by atoms with van der Waals surface area (Å²) in [7, 11) is 1.62. The van der Waals surface area contributed by atoms with Crippen molar-refractivity contribution in [2.24, 2.45) is 0 Å². The van der Waals surface area contributed by atoms with Crippen LogP contribution in [0.1, 0.15) is 30.1 Å². The molecule has 0 aromatic heterocycles. The molecular weight excluding hydrogens is 208 g/mol. The molecule has 1 unspecified atom stereocenters. The first-order valence-electron chi connectivity index (χ1n) is 5.11. The normalized spacial score (nSPS) is 12.4. The third kappa shape index (κ3) is 4.00. The van der Waals surface area contributed by atoms with Gasteiger partial charge in [0, 0.05) is 13.5 Å². The Hall–Kier alpha value is -1.39. The second kappa shape index (κ2) is 6.25. The van der Waals surface area contributed by atoms with Gasteiger partial charge in [-0.05, 0) is 17.5 Å². The van der Waals surface area contributed by atoms with Gasteiger partial charge in [0.15, 0.2) is 0 Å². The third-order valence-corrected chi connectivity index (χ3v) is 2.31. The summed E-state index contributed by atoms with van der Waals surface area (Å²) < 4.78 is 4.97. The molecule has 0 aliphatic carbocycles. The van der Waals surface area contributed by atoms with Crippen LogP contribution in [0, 0.1) is 0 Å². The van der Waals surface area contributed by atoms with E-state index in [1.807, 2.05) is 12.1 Å². The van der Waals surface area contributed by atoms with E-state index in [2.05, 4.69) is 0 Å². The Labute approximate surface area is 94.5 Å². The van der Waals surface area contributed by atoms with Crippen molar-refractivity contribution in [2.45, 2.75) is 25.6 Å². The number of carbonyl (C=O) groups is 1. The van der Waals surface area contributed by atoms with E-state index in [9.17, 15) is 9.90 Å². The second-order valence-electron chi connectivity index (χ2n) is 3.62. The minimum absolute atomic E-state index is 0.0268. The smallest absolute Gasteiger partial charge is 0.303 e. The zero-order valence-corrected chi connectivity index (χ0v) is 9.22. The largest absolute Gasteiger partial charge is 0.481 e. The first-order chi connectivity index (χ1) is 7.63. The third-order valence-electron chi connectivity index (χ3n) is 2.31. The van der Waals surface area contributed by atoms with Gasteiger partial charge >= 0.3 is 5.97 Å². The van der Waals surface area contributed by atoms with Gasteiger partial charge in [-0.1, -0.05) is 24.3 Å². The predicted octanol–water partition coefficient (Wildman–Crippen LogP) is 1.73. The van der Waals surface area contributed by atoms with Crippen molar-refractivity contribution < 1.29 is 19.7 Å². The molecule has 0 saturated heterocycles. The summed E-state index contributed by atoms with van der Waals surface area (Å²) in [5, 5.41) is 18.2. The van der Waals surface area contributed by atoms with E-state index in [0.29, 0.717) is 6.61 Å². The van der Waals surface area contributed by atoms with Crippen molar-refractivity contribution in [3.63, 3.8) is 0 Å². The van der Waals surface area contributed by atoms with Crippen LogP contribution in [0.25, 0.3) is 0 Å². The van der Waals surface area contributed by atoms with E-state index in [4.69, 9.17) is 9.84 Å². The maximum Gasteiger partial charge on any atom is 0.303 e. The number of aliphatic hydroxyl groups is 1. The van der Waals surface area contributed by atoms with Crippen LogP contribution in [-0.2, 0) is 16.1 Å². The van der Waals surface area contributed by atoms with Crippen molar-refractivity contribution in [1.29, 1.82) is 0 Å². The van der Waals surface area contributed by atoms with Crippen molar-refractivity contribution in [1.82, 2.24) is 0 Å². The van der Waals surface area contributed by atoms with Gasteiger partial charge < -0.3 is 14.9 Å². The molecule has 0 saturated carbocycles. The van der Waals surface area contributed by atoms with Gasteiger partial charge in [-0.3, -0.25) is 4.79 Å². The van der Waals surface area contributed by atoms with E-state index in [0.717, 1.165) is 11.1 Å². The Morgan fingerprint density at radius 1 is 1.38 bits per heavy atom. The van der Waals surface area contributed by atoms with Gasteiger partial charge in [0.2, 0.25) is 0 Å². The number of hydrogen-bond donors (Lipinski definition) is 2. The highest BCUT2D eigenvalue weighted by molar-refractivity contribution is 5.66. The number of ether oxygens (including phenoxy) is 1. The van der Waals surface area contributed by atoms with Gasteiger partial charge in [0.05, 0.1) is 12.7 Å². The molecule has 1 aromatic rings. The first kappa shape index (κ1) is 12.7. The van der Waals surface area contributed by atoms with Crippen molar-refractivity contribution in [3.05, 3.63) is 35.4 Å². The molecule has 4 heteroatoms. The van der Waals surface area contributed by atoms with Crippen LogP contribution in [0.2, 0.25) is 0 Å². The summed E-state index contributed by atoms with van der Waals surface area (Å²) in [5.74, 6) is -0.893. The zero-order valence-electron chi connectivity index (χ0n) is 9.22. The zero-order chi connectivity index (χ0) is 12.0. The number of hydrogen-bond acceptors (Lipinski definition) is 3. The molecule has 1 rings (SSSR count). The lowest BCUT2D eigenvalue weighted by Crippen LogP contribution is -2.02. The maximum atomic E-state index is 10.3. The summed E-state index contributed by atoms with van der Waals surface area (Å²) in [5.41, 5.74) is 1.76. The fraction of sp³-hybridized carbons (Fsp3) is 0.417. The summed E-state index contributed by atoms with van der Waals surface area (Å²) in [6.07, 6.45) is -0.507. The number of methoxy groups -OCH3 is 1. The molecule has 1 atom stereocenters. The van der Waals surface area contributed by atoms with E-state index in [1.165, 1.54) is 0 Å². The molecule has 88 valence electrons. The van der Waals surface area contributed by atoms with E-state index >= 15 is 0 Å². The lowest BCUT2D eigenvalue weighted by Gasteiger charge is -2.10. The van der Waals surface area contributed by atoms with E-state index in [1.54, 1.807) is 19.2 Å². The molecule has 0 radical (unpaired) electrons. The highest BCUT2D eigenvalue weighted by Crippen LogP contribution is 2.18. The van der Waals surface area contributed by atoms with Crippen LogP contribution in [0.5, 0.6) is 0 Å². The van der Waals surface area contributed by atoms with E-state index < -0.39 is 12.1 Å². The van der Waals surface area contributed by atoms with Crippen LogP contribution in [0.3, 0.4) is 0 Å². The molecule has 0 aliphatic heterocycles. The number of carboxylic acids is 1. The molecule has 0 heterocycles. The van der Waals surface area contributed by atoms with Crippen LogP contribution < -0.4 is 0 Å². The molecule has 2 N–H and O–H groups in total.